The molecule has 0 unspecified atom stereocenters. The quantitative estimate of drug-likeness (QED) is 0.369. The number of phenolic OH excluding ortho intramolecular Hbond substituents is 1. The van der Waals surface area contributed by atoms with E-state index in [1.807, 2.05) is 36.4 Å². The lowest BCUT2D eigenvalue weighted by Crippen LogP contribution is -2.45. The highest BCUT2D eigenvalue weighted by Crippen LogP contribution is 2.12. The Balaban J connectivity index is 1.78. The maximum absolute atomic E-state index is 13.0. The Morgan fingerprint density at radius 2 is 1.41 bits per heavy atom. The van der Waals surface area contributed by atoms with E-state index < -0.39 is 23.8 Å². The van der Waals surface area contributed by atoms with Crippen molar-refractivity contribution in [1.82, 2.24) is 10.6 Å². The second-order valence-corrected chi connectivity index (χ2v) is 7.44. The van der Waals surface area contributed by atoms with Crippen molar-refractivity contribution in [3.05, 3.63) is 113 Å². The summed E-state index contributed by atoms with van der Waals surface area (Å²) >= 11 is 0. The van der Waals surface area contributed by atoms with Gasteiger partial charge in [0.1, 0.15) is 17.5 Å². The Hall–Kier alpha value is -4.65. The van der Waals surface area contributed by atoms with Gasteiger partial charge in [-0.1, -0.05) is 72.8 Å². The summed E-state index contributed by atoms with van der Waals surface area (Å²) in [4.78, 5) is 37.3. The number of hydrogen-bond acceptors (Lipinski definition) is 4. The standard InChI is InChI=1S/C27H24N2O5/c30-22-14-11-21(12-15-22)18-24(27(33)34)29-26(32)23(17-20-9-5-2-6-10-20)28-25(31)16-13-19-7-3-1-4-8-19/h1-17,24,30H,18H2,(H,28,31)(H,29,32)(H,33,34)/t24-/m0/s1. The first kappa shape index (κ1) is 24.0. The molecule has 3 aromatic carbocycles. The molecule has 0 aliphatic heterocycles. The minimum Gasteiger partial charge on any atom is -0.508 e. The van der Waals surface area contributed by atoms with Crippen LogP contribution in [0.15, 0.2) is 96.7 Å². The van der Waals surface area contributed by atoms with E-state index in [0.29, 0.717) is 11.1 Å². The Labute approximate surface area is 197 Å². The largest absolute Gasteiger partial charge is 0.508 e. The number of benzene rings is 3. The van der Waals surface area contributed by atoms with Crippen LogP contribution in [0.2, 0.25) is 0 Å². The van der Waals surface area contributed by atoms with Crippen molar-refractivity contribution in [2.75, 3.05) is 0 Å². The average Bonchev–Trinajstić information content (AvgIpc) is 2.84. The van der Waals surface area contributed by atoms with Crippen LogP contribution in [0, 0.1) is 0 Å². The van der Waals surface area contributed by atoms with Gasteiger partial charge < -0.3 is 20.8 Å². The van der Waals surface area contributed by atoms with Gasteiger partial charge in [-0.05, 0) is 41.0 Å². The van der Waals surface area contributed by atoms with Gasteiger partial charge in [-0.3, -0.25) is 9.59 Å². The summed E-state index contributed by atoms with van der Waals surface area (Å²) in [5, 5.41) is 24.1. The number of hydrogen-bond donors (Lipinski definition) is 4. The van der Waals surface area contributed by atoms with E-state index in [4.69, 9.17) is 0 Å². The zero-order chi connectivity index (χ0) is 24.3. The highest BCUT2D eigenvalue weighted by molar-refractivity contribution is 6.05. The van der Waals surface area contributed by atoms with Crippen molar-refractivity contribution in [2.24, 2.45) is 0 Å². The lowest BCUT2D eigenvalue weighted by molar-refractivity contribution is -0.141. The average molecular weight is 456 g/mol. The third kappa shape index (κ3) is 7.49. The van der Waals surface area contributed by atoms with Crippen LogP contribution < -0.4 is 10.6 Å². The second kappa shape index (κ2) is 11.8. The van der Waals surface area contributed by atoms with E-state index in [2.05, 4.69) is 10.6 Å². The molecule has 172 valence electrons. The molecule has 3 aromatic rings. The Morgan fingerprint density at radius 3 is 2.00 bits per heavy atom. The zero-order valence-electron chi connectivity index (χ0n) is 18.2. The maximum Gasteiger partial charge on any atom is 0.326 e. The van der Waals surface area contributed by atoms with Crippen LogP contribution in [0.25, 0.3) is 12.2 Å². The minimum absolute atomic E-state index is 0.00181. The third-order valence-electron chi connectivity index (χ3n) is 4.82. The number of phenols is 1. The lowest BCUT2D eigenvalue weighted by atomic mass is 10.1. The number of carboxylic acids is 1. The summed E-state index contributed by atoms with van der Waals surface area (Å²) in [5.41, 5.74) is 2.00. The third-order valence-corrected chi connectivity index (χ3v) is 4.82. The number of amides is 2. The molecule has 0 aliphatic rings. The number of carboxylic acid groups (broad SMARTS) is 1. The summed E-state index contributed by atoms with van der Waals surface area (Å²) < 4.78 is 0. The summed E-state index contributed by atoms with van der Waals surface area (Å²) in [5.74, 6) is -2.45. The van der Waals surface area contributed by atoms with Gasteiger partial charge in [0, 0.05) is 12.5 Å². The maximum atomic E-state index is 13.0. The molecule has 3 rings (SSSR count). The summed E-state index contributed by atoms with van der Waals surface area (Å²) in [7, 11) is 0. The van der Waals surface area contributed by atoms with Crippen molar-refractivity contribution in [3.8, 4) is 5.75 Å². The number of carbonyl (C=O) groups excluding carboxylic acids is 2. The molecule has 0 fully saturated rings. The molecule has 0 bridgehead atoms. The van der Waals surface area contributed by atoms with E-state index in [1.54, 1.807) is 42.5 Å². The van der Waals surface area contributed by atoms with E-state index in [1.165, 1.54) is 24.3 Å². The van der Waals surface area contributed by atoms with E-state index in [0.717, 1.165) is 5.56 Å². The van der Waals surface area contributed by atoms with Gasteiger partial charge in [-0.15, -0.1) is 0 Å². The molecule has 0 aromatic heterocycles. The van der Waals surface area contributed by atoms with E-state index in [9.17, 15) is 24.6 Å². The number of aromatic hydroxyl groups is 1. The Morgan fingerprint density at radius 1 is 0.824 bits per heavy atom. The fourth-order valence-corrected chi connectivity index (χ4v) is 3.09. The van der Waals surface area contributed by atoms with Gasteiger partial charge in [0.2, 0.25) is 5.91 Å². The highest BCUT2D eigenvalue weighted by Gasteiger charge is 2.23. The fraction of sp³-hybridized carbons (Fsp3) is 0.0741. The topological polar surface area (TPSA) is 116 Å². The van der Waals surface area contributed by atoms with Crippen LogP contribution in [-0.2, 0) is 20.8 Å². The van der Waals surface area contributed by atoms with Gasteiger partial charge in [0.25, 0.3) is 5.91 Å². The molecule has 7 nitrogen and oxygen atoms in total. The first-order chi connectivity index (χ1) is 16.4. The predicted octanol–water partition coefficient (Wildman–Crippen LogP) is 3.37. The van der Waals surface area contributed by atoms with E-state index in [-0.39, 0.29) is 17.9 Å². The van der Waals surface area contributed by atoms with Gasteiger partial charge in [-0.2, -0.15) is 0 Å². The van der Waals surface area contributed by atoms with E-state index >= 15 is 0 Å². The molecule has 1 atom stereocenters. The SMILES string of the molecule is O=C(C=Cc1ccccc1)NC(=Cc1ccccc1)C(=O)N[C@@H](Cc1ccc(O)cc1)C(=O)O. The van der Waals surface area contributed by atoms with Crippen LogP contribution in [0.1, 0.15) is 16.7 Å². The van der Waals surface area contributed by atoms with Gasteiger partial charge in [0.05, 0.1) is 0 Å². The molecule has 2 amide bonds. The summed E-state index contributed by atoms with van der Waals surface area (Å²) in [6.07, 6.45) is 4.38. The first-order valence-electron chi connectivity index (χ1n) is 10.5. The van der Waals surface area contributed by atoms with Crippen LogP contribution in [-0.4, -0.2) is 34.0 Å². The van der Waals surface area contributed by atoms with Crippen molar-refractivity contribution >= 4 is 29.9 Å². The molecule has 34 heavy (non-hydrogen) atoms. The zero-order valence-corrected chi connectivity index (χ0v) is 18.2. The molecule has 0 radical (unpaired) electrons. The summed E-state index contributed by atoms with van der Waals surface area (Å²) in [6.45, 7) is 0. The Kier molecular flexibility index (Phi) is 8.35. The molecule has 0 saturated heterocycles. The van der Waals surface area contributed by atoms with Gasteiger partial charge in [-0.25, -0.2) is 4.79 Å². The number of rotatable bonds is 9. The number of carbonyl (C=O) groups is 3. The molecule has 0 spiro atoms. The molecule has 4 N–H and O–H groups in total. The number of aliphatic carboxylic acids is 1. The molecule has 0 aliphatic carbocycles. The normalized spacial score (nSPS) is 12.2. The van der Waals surface area contributed by atoms with Crippen LogP contribution >= 0.6 is 0 Å². The van der Waals surface area contributed by atoms with Crippen molar-refractivity contribution in [2.45, 2.75) is 12.5 Å². The molecular formula is C27H24N2O5. The minimum atomic E-state index is -1.24. The lowest BCUT2D eigenvalue weighted by Gasteiger charge is -2.16. The highest BCUT2D eigenvalue weighted by atomic mass is 16.4. The van der Waals surface area contributed by atoms with Crippen molar-refractivity contribution < 1.29 is 24.6 Å². The second-order valence-electron chi connectivity index (χ2n) is 7.44. The molecule has 7 heteroatoms. The molecule has 0 saturated carbocycles. The fourth-order valence-electron chi connectivity index (χ4n) is 3.09. The predicted molar refractivity (Wildman–Crippen MR) is 129 cm³/mol. The van der Waals surface area contributed by atoms with Crippen molar-refractivity contribution in [1.29, 1.82) is 0 Å². The van der Waals surface area contributed by atoms with Crippen LogP contribution in [0.4, 0.5) is 0 Å². The monoisotopic (exact) mass is 456 g/mol. The smallest absolute Gasteiger partial charge is 0.326 e. The first-order valence-corrected chi connectivity index (χ1v) is 10.5. The van der Waals surface area contributed by atoms with Gasteiger partial charge in [0.15, 0.2) is 0 Å². The summed E-state index contributed by atoms with van der Waals surface area (Å²) in [6, 6.07) is 22.9. The van der Waals surface area contributed by atoms with Crippen molar-refractivity contribution in [3.63, 3.8) is 0 Å². The number of nitrogens with one attached hydrogen (secondary N) is 2. The van der Waals surface area contributed by atoms with Gasteiger partial charge >= 0.3 is 5.97 Å². The Bertz CT molecular complexity index is 1190. The molecular weight excluding hydrogens is 432 g/mol. The van der Waals surface area contributed by atoms with Crippen LogP contribution in [0.3, 0.4) is 0 Å². The van der Waals surface area contributed by atoms with Crippen LogP contribution in [0.5, 0.6) is 5.75 Å². The molecule has 0 heterocycles.